The summed E-state index contributed by atoms with van der Waals surface area (Å²) < 4.78 is 32.2. The number of rotatable bonds is 3. The van der Waals surface area contributed by atoms with Crippen molar-refractivity contribution in [2.75, 3.05) is 14.2 Å². The molecule has 14 heavy (non-hydrogen) atoms. The van der Waals surface area contributed by atoms with Crippen LogP contribution in [0.15, 0.2) is 23.1 Å². The van der Waals surface area contributed by atoms with Crippen LogP contribution >= 0.6 is 0 Å². The molecule has 0 amide bonds. The Hall–Kier alpha value is -1.27. The van der Waals surface area contributed by atoms with Gasteiger partial charge in [-0.2, -0.15) is 0 Å². The summed E-state index contributed by atoms with van der Waals surface area (Å²) in [4.78, 5) is -0.134. The molecule has 78 valence electrons. The van der Waals surface area contributed by atoms with Crippen LogP contribution in [-0.4, -0.2) is 22.6 Å². The third-order valence-electron chi connectivity index (χ3n) is 1.67. The first-order valence-corrected chi connectivity index (χ1v) is 5.29. The summed E-state index contributed by atoms with van der Waals surface area (Å²) in [6, 6.07) is 4.62. The van der Waals surface area contributed by atoms with Gasteiger partial charge in [-0.25, -0.2) is 13.6 Å². The van der Waals surface area contributed by atoms with Crippen molar-refractivity contribution in [2.24, 2.45) is 5.14 Å². The lowest BCUT2D eigenvalue weighted by molar-refractivity contribution is 0.373. The number of benzene rings is 1. The van der Waals surface area contributed by atoms with Crippen LogP contribution in [-0.2, 0) is 10.0 Å². The molecular weight excluding hydrogens is 206 g/mol. The second kappa shape index (κ2) is 3.85. The molecule has 0 radical (unpaired) electrons. The van der Waals surface area contributed by atoms with Gasteiger partial charge in [0.25, 0.3) is 0 Å². The monoisotopic (exact) mass is 217 g/mol. The molecule has 5 nitrogen and oxygen atoms in total. The third kappa shape index (κ3) is 1.97. The molecule has 0 saturated heterocycles. The topological polar surface area (TPSA) is 78.6 Å². The van der Waals surface area contributed by atoms with Gasteiger partial charge >= 0.3 is 0 Å². The first-order valence-electron chi connectivity index (χ1n) is 3.74. The second-order valence-corrected chi connectivity index (χ2v) is 4.03. The van der Waals surface area contributed by atoms with Gasteiger partial charge in [-0.1, -0.05) is 6.07 Å². The lowest BCUT2D eigenvalue weighted by atomic mass is 10.3. The van der Waals surface area contributed by atoms with E-state index in [1.54, 1.807) is 6.07 Å². The van der Waals surface area contributed by atoms with Crippen LogP contribution in [0.5, 0.6) is 11.5 Å². The van der Waals surface area contributed by atoms with Gasteiger partial charge in [-0.05, 0) is 12.1 Å². The fourth-order valence-electron chi connectivity index (χ4n) is 1.10. The molecule has 1 rings (SSSR count). The van der Waals surface area contributed by atoms with Gasteiger partial charge in [0.2, 0.25) is 10.0 Å². The Morgan fingerprint density at radius 2 is 1.57 bits per heavy atom. The van der Waals surface area contributed by atoms with Crippen LogP contribution < -0.4 is 14.6 Å². The summed E-state index contributed by atoms with van der Waals surface area (Å²) in [5.41, 5.74) is 0. The molecule has 0 aliphatic heterocycles. The first-order chi connectivity index (χ1) is 6.50. The fourth-order valence-corrected chi connectivity index (χ4v) is 1.96. The molecule has 0 unspecified atom stereocenters. The molecule has 0 aromatic heterocycles. The smallest absolute Gasteiger partial charge is 0.245 e. The fraction of sp³-hybridized carbons (Fsp3) is 0.250. The lowest BCUT2D eigenvalue weighted by Gasteiger charge is -2.10. The van der Waals surface area contributed by atoms with E-state index >= 15 is 0 Å². The Bertz CT molecular complexity index is 405. The van der Waals surface area contributed by atoms with E-state index in [0.29, 0.717) is 0 Å². The molecule has 0 heterocycles. The van der Waals surface area contributed by atoms with Crippen molar-refractivity contribution in [1.29, 1.82) is 0 Å². The summed E-state index contributed by atoms with van der Waals surface area (Å²) in [5, 5.41) is 5.02. The molecule has 0 fully saturated rings. The van der Waals surface area contributed by atoms with Gasteiger partial charge < -0.3 is 9.47 Å². The molecule has 1 aromatic carbocycles. The molecule has 6 heteroatoms. The Balaban J connectivity index is 3.50. The largest absolute Gasteiger partial charge is 0.495 e. The molecule has 0 aliphatic carbocycles. The van der Waals surface area contributed by atoms with Crippen molar-refractivity contribution in [1.82, 2.24) is 0 Å². The van der Waals surface area contributed by atoms with Gasteiger partial charge in [0, 0.05) is 0 Å². The van der Waals surface area contributed by atoms with Gasteiger partial charge in [0.15, 0.2) is 4.90 Å². The minimum absolute atomic E-state index is 0.134. The number of nitrogens with two attached hydrogens (primary N) is 1. The lowest BCUT2D eigenvalue weighted by Crippen LogP contribution is -2.14. The highest BCUT2D eigenvalue weighted by Gasteiger charge is 2.20. The highest BCUT2D eigenvalue weighted by atomic mass is 32.2. The molecule has 2 N–H and O–H groups in total. The zero-order valence-electron chi connectivity index (χ0n) is 7.85. The summed E-state index contributed by atoms with van der Waals surface area (Å²) in [6.45, 7) is 0. The van der Waals surface area contributed by atoms with E-state index < -0.39 is 10.0 Å². The number of primary sulfonamides is 1. The predicted molar refractivity (Wildman–Crippen MR) is 50.9 cm³/mol. The Morgan fingerprint density at radius 3 is 1.86 bits per heavy atom. The molecule has 0 bridgehead atoms. The third-order valence-corrected chi connectivity index (χ3v) is 2.64. The molecule has 0 atom stereocenters. The summed E-state index contributed by atoms with van der Waals surface area (Å²) in [7, 11) is -1.11. The van der Waals surface area contributed by atoms with Crippen LogP contribution in [0.1, 0.15) is 0 Å². The summed E-state index contributed by atoms with van der Waals surface area (Å²) in [6.07, 6.45) is 0. The number of sulfonamides is 1. The maximum absolute atomic E-state index is 11.2. The number of hydrogen-bond donors (Lipinski definition) is 1. The van der Waals surface area contributed by atoms with E-state index in [9.17, 15) is 8.42 Å². The van der Waals surface area contributed by atoms with Crippen molar-refractivity contribution in [2.45, 2.75) is 4.90 Å². The van der Waals surface area contributed by atoms with Crippen molar-refractivity contribution in [3.63, 3.8) is 0 Å². The molecule has 0 saturated carbocycles. The van der Waals surface area contributed by atoms with E-state index in [4.69, 9.17) is 14.6 Å². The normalized spacial score (nSPS) is 11.1. The van der Waals surface area contributed by atoms with Crippen LogP contribution in [0.3, 0.4) is 0 Å². The van der Waals surface area contributed by atoms with Crippen LogP contribution in [0.2, 0.25) is 0 Å². The molecule has 0 spiro atoms. The Kier molecular flexibility index (Phi) is 2.97. The van der Waals surface area contributed by atoms with E-state index in [2.05, 4.69) is 0 Å². The van der Waals surface area contributed by atoms with E-state index in [1.165, 1.54) is 26.4 Å². The highest BCUT2D eigenvalue weighted by Crippen LogP contribution is 2.31. The average Bonchev–Trinajstić information content (AvgIpc) is 2.15. The number of methoxy groups -OCH3 is 2. The highest BCUT2D eigenvalue weighted by molar-refractivity contribution is 7.89. The van der Waals surface area contributed by atoms with Gasteiger partial charge in [-0.3, -0.25) is 0 Å². The van der Waals surface area contributed by atoms with Crippen molar-refractivity contribution in [3.8, 4) is 11.5 Å². The van der Waals surface area contributed by atoms with Crippen molar-refractivity contribution < 1.29 is 17.9 Å². The molecular formula is C8H11NO4S. The maximum atomic E-state index is 11.2. The number of hydrogen-bond acceptors (Lipinski definition) is 4. The van der Waals surface area contributed by atoms with Crippen LogP contribution in [0.4, 0.5) is 0 Å². The standard InChI is InChI=1S/C8H11NO4S/c1-12-6-4-3-5-7(13-2)8(6)14(9,10)11/h3-5H,1-2H3,(H2,9,10,11). The quantitative estimate of drug-likeness (QED) is 0.792. The Morgan fingerprint density at radius 1 is 1.14 bits per heavy atom. The van der Waals surface area contributed by atoms with E-state index in [1.807, 2.05) is 0 Å². The molecule has 0 aliphatic rings. The van der Waals surface area contributed by atoms with E-state index in [0.717, 1.165) is 0 Å². The zero-order valence-corrected chi connectivity index (χ0v) is 8.67. The minimum atomic E-state index is -3.84. The average molecular weight is 217 g/mol. The summed E-state index contributed by atoms with van der Waals surface area (Å²) >= 11 is 0. The minimum Gasteiger partial charge on any atom is -0.495 e. The zero-order chi connectivity index (χ0) is 10.8. The van der Waals surface area contributed by atoms with Crippen molar-refractivity contribution in [3.05, 3.63) is 18.2 Å². The SMILES string of the molecule is COc1cccc(OC)c1S(N)(=O)=O. The van der Waals surface area contributed by atoms with Gasteiger partial charge in [-0.15, -0.1) is 0 Å². The Labute approximate surface area is 82.5 Å². The second-order valence-electron chi connectivity index (χ2n) is 2.54. The summed E-state index contributed by atoms with van der Waals surface area (Å²) in [5.74, 6) is 0.346. The van der Waals surface area contributed by atoms with Gasteiger partial charge in [0.05, 0.1) is 14.2 Å². The van der Waals surface area contributed by atoms with Crippen LogP contribution in [0.25, 0.3) is 0 Å². The predicted octanol–water partition coefficient (Wildman–Crippen LogP) is 0.351. The number of ether oxygens (including phenoxy) is 2. The van der Waals surface area contributed by atoms with Crippen molar-refractivity contribution >= 4 is 10.0 Å². The van der Waals surface area contributed by atoms with E-state index in [-0.39, 0.29) is 16.4 Å². The van der Waals surface area contributed by atoms with Gasteiger partial charge in [0.1, 0.15) is 11.5 Å². The first kappa shape index (κ1) is 10.8. The molecule has 1 aromatic rings. The maximum Gasteiger partial charge on any atom is 0.245 e. The van der Waals surface area contributed by atoms with Crippen LogP contribution in [0, 0.1) is 0 Å².